The number of fused-ring (bicyclic) bond motifs is 1. The van der Waals surface area contributed by atoms with Gasteiger partial charge in [0.25, 0.3) is 0 Å². The average Bonchev–Trinajstić information content (AvgIpc) is 2.67. The van der Waals surface area contributed by atoms with E-state index in [1.165, 1.54) is 17.8 Å². The number of imidazole rings is 1. The van der Waals surface area contributed by atoms with Gasteiger partial charge in [0.1, 0.15) is 5.82 Å². The summed E-state index contributed by atoms with van der Waals surface area (Å²) in [6.07, 6.45) is 2.16. The highest BCUT2D eigenvalue weighted by atomic mass is 15.1. The number of benzene rings is 1. The molecule has 0 spiro atoms. The molecule has 1 heterocycles. The first-order valence-electron chi connectivity index (χ1n) is 6.31. The third kappa shape index (κ3) is 2.67. The predicted molar refractivity (Wildman–Crippen MR) is 72.3 cm³/mol. The average molecular weight is 231 g/mol. The Morgan fingerprint density at radius 1 is 1.24 bits per heavy atom. The highest BCUT2D eigenvalue weighted by Gasteiger charge is 2.07. The first-order chi connectivity index (χ1) is 8.22. The summed E-state index contributed by atoms with van der Waals surface area (Å²) in [5.74, 6) is 1.20. The molecule has 0 N–H and O–H groups in total. The molecular weight excluding hydrogens is 210 g/mol. The maximum atomic E-state index is 4.68. The van der Waals surface area contributed by atoms with Crippen LogP contribution in [-0.2, 0) is 13.0 Å². The van der Waals surface area contributed by atoms with Crippen LogP contribution in [0.25, 0.3) is 11.0 Å². The molecule has 0 bridgehead atoms. The standard InChI is InChI=1S/C14H21N3/c1-4-14-15-12-8-5-6-9-13(12)17(14)11-7-10-16(2)3/h5-6,8-9H,4,7,10-11H2,1-3H3. The molecule has 0 aliphatic heterocycles. The van der Waals surface area contributed by atoms with Crippen molar-refractivity contribution in [2.24, 2.45) is 0 Å². The maximum Gasteiger partial charge on any atom is 0.109 e. The van der Waals surface area contributed by atoms with Crippen LogP contribution in [-0.4, -0.2) is 35.1 Å². The summed E-state index contributed by atoms with van der Waals surface area (Å²) in [4.78, 5) is 6.91. The summed E-state index contributed by atoms with van der Waals surface area (Å²) in [6.45, 7) is 4.35. The zero-order valence-electron chi connectivity index (χ0n) is 11.0. The summed E-state index contributed by atoms with van der Waals surface area (Å²) in [5, 5.41) is 0. The van der Waals surface area contributed by atoms with Gasteiger partial charge in [-0.1, -0.05) is 19.1 Å². The van der Waals surface area contributed by atoms with Crippen LogP contribution in [0.3, 0.4) is 0 Å². The molecule has 0 aliphatic carbocycles. The topological polar surface area (TPSA) is 21.1 Å². The zero-order chi connectivity index (χ0) is 12.3. The van der Waals surface area contributed by atoms with Crippen LogP contribution in [0.15, 0.2) is 24.3 Å². The first kappa shape index (κ1) is 12.1. The summed E-state index contributed by atoms with van der Waals surface area (Å²) in [5.41, 5.74) is 2.39. The lowest BCUT2D eigenvalue weighted by molar-refractivity contribution is 0.386. The Kier molecular flexibility index (Phi) is 3.79. The lowest BCUT2D eigenvalue weighted by atomic mass is 10.3. The summed E-state index contributed by atoms with van der Waals surface area (Å²) in [7, 11) is 4.24. The number of rotatable bonds is 5. The van der Waals surface area contributed by atoms with Crippen molar-refractivity contribution in [3.8, 4) is 0 Å². The Labute approximate surface area is 103 Å². The van der Waals surface area contributed by atoms with Gasteiger partial charge in [-0.05, 0) is 39.2 Å². The Hall–Kier alpha value is -1.35. The molecular formula is C14H21N3. The fourth-order valence-electron chi connectivity index (χ4n) is 2.19. The molecule has 1 aromatic carbocycles. The van der Waals surface area contributed by atoms with E-state index in [9.17, 15) is 0 Å². The van der Waals surface area contributed by atoms with Crippen molar-refractivity contribution >= 4 is 11.0 Å². The third-order valence-electron chi connectivity index (χ3n) is 3.04. The van der Waals surface area contributed by atoms with Gasteiger partial charge in [0.05, 0.1) is 11.0 Å². The first-order valence-corrected chi connectivity index (χ1v) is 6.31. The van der Waals surface area contributed by atoms with Gasteiger partial charge in [0.2, 0.25) is 0 Å². The molecule has 3 nitrogen and oxygen atoms in total. The third-order valence-corrected chi connectivity index (χ3v) is 3.04. The quantitative estimate of drug-likeness (QED) is 0.788. The molecule has 0 saturated heterocycles. The van der Waals surface area contributed by atoms with E-state index in [-0.39, 0.29) is 0 Å². The lowest BCUT2D eigenvalue weighted by Crippen LogP contribution is -2.15. The monoisotopic (exact) mass is 231 g/mol. The molecule has 0 aliphatic rings. The van der Waals surface area contributed by atoms with Gasteiger partial charge in [-0.3, -0.25) is 0 Å². The van der Waals surface area contributed by atoms with Crippen molar-refractivity contribution < 1.29 is 0 Å². The van der Waals surface area contributed by atoms with Crippen LogP contribution in [0.5, 0.6) is 0 Å². The largest absolute Gasteiger partial charge is 0.328 e. The highest BCUT2D eigenvalue weighted by Crippen LogP contribution is 2.16. The minimum absolute atomic E-state index is 0.997. The van der Waals surface area contributed by atoms with E-state index >= 15 is 0 Å². The second-order valence-electron chi connectivity index (χ2n) is 4.68. The van der Waals surface area contributed by atoms with E-state index in [0.717, 1.165) is 25.0 Å². The Morgan fingerprint density at radius 3 is 2.71 bits per heavy atom. The molecule has 92 valence electrons. The van der Waals surface area contributed by atoms with E-state index in [4.69, 9.17) is 0 Å². The number of hydrogen-bond donors (Lipinski definition) is 0. The second-order valence-corrected chi connectivity index (χ2v) is 4.68. The smallest absolute Gasteiger partial charge is 0.109 e. The van der Waals surface area contributed by atoms with Gasteiger partial charge in [-0.25, -0.2) is 4.98 Å². The molecule has 0 fully saturated rings. The summed E-state index contributed by atoms with van der Waals surface area (Å²) >= 11 is 0. The van der Waals surface area contributed by atoms with Gasteiger partial charge in [-0.2, -0.15) is 0 Å². The van der Waals surface area contributed by atoms with E-state index in [1.807, 2.05) is 0 Å². The summed E-state index contributed by atoms with van der Waals surface area (Å²) < 4.78 is 2.36. The van der Waals surface area contributed by atoms with Gasteiger partial charge in [0, 0.05) is 13.0 Å². The number of hydrogen-bond acceptors (Lipinski definition) is 2. The molecule has 2 aromatic rings. The minimum atomic E-state index is 0.997. The van der Waals surface area contributed by atoms with E-state index in [2.05, 4.69) is 59.7 Å². The fraction of sp³-hybridized carbons (Fsp3) is 0.500. The van der Waals surface area contributed by atoms with Gasteiger partial charge in [-0.15, -0.1) is 0 Å². The molecule has 17 heavy (non-hydrogen) atoms. The van der Waals surface area contributed by atoms with Gasteiger partial charge < -0.3 is 9.47 Å². The van der Waals surface area contributed by atoms with Crippen LogP contribution in [0.1, 0.15) is 19.2 Å². The van der Waals surface area contributed by atoms with Crippen LogP contribution in [0.4, 0.5) is 0 Å². The minimum Gasteiger partial charge on any atom is -0.328 e. The van der Waals surface area contributed by atoms with E-state index in [1.54, 1.807) is 0 Å². The Morgan fingerprint density at radius 2 is 2.00 bits per heavy atom. The SMILES string of the molecule is CCc1nc2ccccc2n1CCCN(C)C. The number of nitrogens with zero attached hydrogens (tertiary/aromatic N) is 3. The molecule has 0 radical (unpaired) electrons. The number of aryl methyl sites for hydroxylation is 2. The van der Waals surface area contributed by atoms with Crippen molar-refractivity contribution in [1.82, 2.24) is 14.5 Å². The normalized spacial score (nSPS) is 11.5. The molecule has 0 amide bonds. The van der Waals surface area contributed by atoms with Crippen molar-refractivity contribution in [2.45, 2.75) is 26.3 Å². The van der Waals surface area contributed by atoms with Crippen LogP contribution in [0, 0.1) is 0 Å². The molecule has 2 rings (SSSR count). The van der Waals surface area contributed by atoms with Gasteiger partial charge in [0.15, 0.2) is 0 Å². The van der Waals surface area contributed by atoms with Crippen LogP contribution in [0.2, 0.25) is 0 Å². The lowest BCUT2D eigenvalue weighted by Gasteiger charge is -2.11. The molecule has 0 saturated carbocycles. The predicted octanol–water partition coefficient (Wildman–Crippen LogP) is 2.55. The molecule has 0 atom stereocenters. The number of aromatic nitrogens is 2. The van der Waals surface area contributed by atoms with Crippen LogP contribution >= 0.6 is 0 Å². The Bertz CT molecular complexity index is 485. The zero-order valence-corrected chi connectivity index (χ0v) is 11.0. The highest BCUT2D eigenvalue weighted by molar-refractivity contribution is 5.75. The van der Waals surface area contributed by atoms with Crippen molar-refractivity contribution in [3.05, 3.63) is 30.1 Å². The van der Waals surface area contributed by atoms with Gasteiger partial charge >= 0.3 is 0 Å². The maximum absolute atomic E-state index is 4.68. The van der Waals surface area contributed by atoms with Crippen molar-refractivity contribution in [3.63, 3.8) is 0 Å². The summed E-state index contributed by atoms with van der Waals surface area (Å²) in [6, 6.07) is 8.40. The fourth-order valence-corrected chi connectivity index (χ4v) is 2.19. The second kappa shape index (κ2) is 5.32. The van der Waals surface area contributed by atoms with E-state index < -0.39 is 0 Å². The molecule has 0 unspecified atom stereocenters. The molecule has 1 aromatic heterocycles. The van der Waals surface area contributed by atoms with E-state index in [0.29, 0.717) is 0 Å². The Balaban J connectivity index is 2.24. The van der Waals surface area contributed by atoms with Crippen molar-refractivity contribution in [2.75, 3.05) is 20.6 Å². The number of para-hydroxylation sites is 2. The molecule has 3 heteroatoms. The van der Waals surface area contributed by atoms with Crippen LogP contribution < -0.4 is 0 Å². The van der Waals surface area contributed by atoms with Crippen molar-refractivity contribution in [1.29, 1.82) is 0 Å².